The van der Waals surface area contributed by atoms with Gasteiger partial charge in [-0.2, -0.15) is 5.10 Å². The molecule has 1 aromatic carbocycles. The molecule has 0 radical (unpaired) electrons. The van der Waals surface area contributed by atoms with Gasteiger partial charge in [0.15, 0.2) is 0 Å². The van der Waals surface area contributed by atoms with Crippen LogP contribution >= 0.6 is 0 Å². The molecular weight excluding hydrogens is 312 g/mol. The van der Waals surface area contributed by atoms with Crippen LogP contribution in [0.25, 0.3) is 5.69 Å². The van der Waals surface area contributed by atoms with Crippen molar-refractivity contribution in [1.29, 1.82) is 0 Å². The molecule has 5 nitrogen and oxygen atoms in total. The maximum absolute atomic E-state index is 12.7. The number of carbonyl (C=O) groups excluding carboxylic acids is 1. The molecule has 0 saturated heterocycles. The topological polar surface area (TPSA) is 51.9 Å². The number of carbonyl (C=O) groups is 1. The lowest BCUT2D eigenvalue weighted by atomic mass is 10.1. The molecule has 1 atom stereocenters. The highest BCUT2D eigenvalue weighted by Gasteiger charge is 2.20. The molecule has 5 heteroatoms. The summed E-state index contributed by atoms with van der Waals surface area (Å²) in [4.78, 5) is 12.7. The Labute approximate surface area is 148 Å². The van der Waals surface area contributed by atoms with E-state index in [1.54, 1.807) is 0 Å². The van der Waals surface area contributed by atoms with E-state index in [4.69, 9.17) is 0 Å². The van der Waals surface area contributed by atoms with Gasteiger partial charge in [0.1, 0.15) is 0 Å². The largest absolute Gasteiger partial charge is 0.345 e. The summed E-state index contributed by atoms with van der Waals surface area (Å²) in [6.07, 6.45) is 4.02. The Morgan fingerprint density at radius 1 is 1.16 bits per heavy atom. The second-order valence-electron chi connectivity index (χ2n) is 6.24. The summed E-state index contributed by atoms with van der Waals surface area (Å²) >= 11 is 0. The maximum atomic E-state index is 12.7. The monoisotopic (exact) mass is 336 g/mol. The number of nitrogens with zero attached hydrogens (tertiary/aromatic N) is 3. The SMILES string of the molecule is CCn1nc(C)c(C(=O)NC(C)c2ccc(-n3cccc3)cc2)c1C. The second kappa shape index (κ2) is 6.97. The van der Waals surface area contributed by atoms with Crippen LogP contribution in [0.1, 0.15) is 47.2 Å². The van der Waals surface area contributed by atoms with Crippen LogP contribution < -0.4 is 5.32 Å². The number of aryl methyl sites for hydroxylation is 2. The van der Waals surface area contributed by atoms with Crippen molar-refractivity contribution in [3.63, 3.8) is 0 Å². The van der Waals surface area contributed by atoms with Crippen LogP contribution in [0, 0.1) is 13.8 Å². The number of amides is 1. The fourth-order valence-electron chi connectivity index (χ4n) is 3.13. The number of nitrogens with one attached hydrogen (secondary N) is 1. The van der Waals surface area contributed by atoms with E-state index in [2.05, 4.69) is 39.2 Å². The summed E-state index contributed by atoms with van der Waals surface area (Å²) in [6, 6.07) is 12.1. The minimum atomic E-state index is -0.0741. The van der Waals surface area contributed by atoms with Gasteiger partial charge in [-0.1, -0.05) is 12.1 Å². The summed E-state index contributed by atoms with van der Waals surface area (Å²) in [6.45, 7) is 8.60. The van der Waals surface area contributed by atoms with Gasteiger partial charge in [0.05, 0.1) is 17.3 Å². The van der Waals surface area contributed by atoms with Crippen molar-refractivity contribution < 1.29 is 4.79 Å². The van der Waals surface area contributed by atoms with Crippen LogP contribution in [0.15, 0.2) is 48.8 Å². The first-order valence-electron chi connectivity index (χ1n) is 8.59. The molecule has 0 aliphatic heterocycles. The van der Waals surface area contributed by atoms with Crippen molar-refractivity contribution >= 4 is 5.91 Å². The average Bonchev–Trinajstić information content (AvgIpc) is 3.23. The summed E-state index contributed by atoms with van der Waals surface area (Å²) in [5.74, 6) is -0.0725. The van der Waals surface area contributed by atoms with E-state index in [9.17, 15) is 4.79 Å². The van der Waals surface area contributed by atoms with E-state index in [1.807, 2.05) is 56.9 Å². The Morgan fingerprint density at radius 2 is 1.80 bits per heavy atom. The number of benzene rings is 1. The Hall–Kier alpha value is -2.82. The average molecular weight is 336 g/mol. The zero-order valence-electron chi connectivity index (χ0n) is 15.2. The Kier molecular flexibility index (Phi) is 4.74. The van der Waals surface area contributed by atoms with Gasteiger partial charge >= 0.3 is 0 Å². The highest BCUT2D eigenvalue weighted by molar-refractivity contribution is 5.96. The van der Waals surface area contributed by atoms with E-state index in [0.29, 0.717) is 5.56 Å². The van der Waals surface area contributed by atoms with Crippen molar-refractivity contribution in [3.05, 3.63) is 71.3 Å². The summed E-state index contributed by atoms with van der Waals surface area (Å²) in [5.41, 5.74) is 4.53. The summed E-state index contributed by atoms with van der Waals surface area (Å²) in [5, 5.41) is 7.51. The molecule has 0 aliphatic carbocycles. The molecular formula is C20H24N4O. The number of rotatable bonds is 5. The lowest BCUT2D eigenvalue weighted by Gasteiger charge is -2.15. The normalized spacial score (nSPS) is 12.2. The quantitative estimate of drug-likeness (QED) is 0.770. The smallest absolute Gasteiger partial charge is 0.255 e. The molecule has 0 spiro atoms. The molecule has 0 fully saturated rings. The third-order valence-corrected chi connectivity index (χ3v) is 4.55. The van der Waals surface area contributed by atoms with Gasteiger partial charge in [0.2, 0.25) is 0 Å². The maximum Gasteiger partial charge on any atom is 0.255 e. The standard InChI is InChI=1S/C20H24N4O/c1-5-24-16(4)19(15(3)22-24)20(25)21-14(2)17-8-10-18(11-9-17)23-12-6-7-13-23/h6-14H,5H2,1-4H3,(H,21,25). The Balaban J connectivity index is 1.75. The lowest BCUT2D eigenvalue weighted by molar-refractivity contribution is 0.0938. The van der Waals surface area contributed by atoms with Crippen molar-refractivity contribution in [1.82, 2.24) is 19.7 Å². The summed E-state index contributed by atoms with van der Waals surface area (Å²) in [7, 11) is 0. The van der Waals surface area contributed by atoms with E-state index in [-0.39, 0.29) is 11.9 Å². The number of hydrogen-bond donors (Lipinski definition) is 1. The third-order valence-electron chi connectivity index (χ3n) is 4.55. The minimum Gasteiger partial charge on any atom is -0.345 e. The van der Waals surface area contributed by atoms with Crippen molar-refractivity contribution in [2.75, 3.05) is 0 Å². The molecule has 0 saturated carbocycles. The molecule has 2 aromatic heterocycles. The summed E-state index contributed by atoms with van der Waals surface area (Å²) < 4.78 is 3.92. The predicted molar refractivity (Wildman–Crippen MR) is 99.0 cm³/mol. The van der Waals surface area contributed by atoms with Crippen LogP contribution in [0.5, 0.6) is 0 Å². The molecule has 130 valence electrons. The van der Waals surface area contributed by atoms with E-state index >= 15 is 0 Å². The van der Waals surface area contributed by atoms with Gasteiger partial charge in [0, 0.05) is 30.3 Å². The minimum absolute atomic E-state index is 0.0725. The first-order chi connectivity index (χ1) is 12.0. The third kappa shape index (κ3) is 3.36. The highest BCUT2D eigenvalue weighted by Crippen LogP contribution is 2.18. The van der Waals surface area contributed by atoms with Gasteiger partial charge in [-0.15, -0.1) is 0 Å². The second-order valence-corrected chi connectivity index (χ2v) is 6.24. The van der Waals surface area contributed by atoms with Crippen molar-refractivity contribution in [3.8, 4) is 5.69 Å². The van der Waals surface area contributed by atoms with E-state index in [0.717, 1.165) is 29.2 Å². The van der Waals surface area contributed by atoms with Crippen molar-refractivity contribution in [2.45, 2.75) is 40.3 Å². The van der Waals surface area contributed by atoms with Gasteiger partial charge in [0.25, 0.3) is 5.91 Å². The van der Waals surface area contributed by atoms with Crippen LogP contribution in [0.4, 0.5) is 0 Å². The first-order valence-corrected chi connectivity index (χ1v) is 8.59. The van der Waals surface area contributed by atoms with Gasteiger partial charge in [-0.3, -0.25) is 9.48 Å². The molecule has 3 rings (SSSR count). The van der Waals surface area contributed by atoms with Gasteiger partial charge < -0.3 is 9.88 Å². The zero-order chi connectivity index (χ0) is 18.0. The molecule has 25 heavy (non-hydrogen) atoms. The predicted octanol–water partition coefficient (Wildman–Crippen LogP) is 3.80. The molecule has 2 heterocycles. The van der Waals surface area contributed by atoms with Gasteiger partial charge in [-0.05, 0) is 57.5 Å². The van der Waals surface area contributed by atoms with Crippen molar-refractivity contribution in [2.24, 2.45) is 0 Å². The molecule has 3 aromatic rings. The van der Waals surface area contributed by atoms with Crippen LogP contribution in [0.2, 0.25) is 0 Å². The van der Waals surface area contributed by atoms with E-state index in [1.165, 1.54) is 0 Å². The Morgan fingerprint density at radius 3 is 2.36 bits per heavy atom. The van der Waals surface area contributed by atoms with E-state index < -0.39 is 0 Å². The number of hydrogen-bond acceptors (Lipinski definition) is 2. The highest BCUT2D eigenvalue weighted by atomic mass is 16.1. The molecule has 0 aliphatic rings. The molecule has 0 bridgehead atoms. The van der Waals surface area contributed by atoms with Crippen LogP contribution in [0.3, 0.4) is 0 Å². The fraction of sp³-hybridized carbons (Fsp3) is 0.300. The molecule has 1 amide bonds. The molecule has 1 N–H and O–H groups in total. The van der Waals surface area contributed by atoms with Crippen LogP contribution in [-0.2, 0) is 6.54 Å². The first kappa shape index (κ1) is 17.0. The van der Waals surface area contributed by atoms with Crippen LogP contribution in [-0.4, -0.2) is 20.3 Å². The molecule has 1 unspecified atom stereocenters. The Bertz CT molecular complexity index is 860. The van der Waals surface area contributed by atoms with Gasteiger partial charge in [-0.25, -0.2) is 0 Å². The number of aromatic nitrogens is 3. The zero-order valence-corrected chi connectivity index (χ0v) is 15.2. The fourth-order valence-corrected chi connectivity index (χ4v) is 3.13. The lowest BCUT2D eigenvalue weighted by Crippen LogP contribution is -2.27.